The molecule has 0 unspecified atom stereocenters. The van der Waals surface area contributed by atoms with Gasteiger partial charge in [0.2, 0.25) is 0 Å². The number of nitrogens with zero attached hydrogens (tertiary/aromatic N) is 2. The largest absolute Gasteiger partial charge is 0.416 e. The molecule has 1 amide bonds. The van der Waals surface area contributed by atoms with Crippen molar-refractivity contribution in [1.29, 1.82) is 0 Å². The number of thiazole rings is 2. The van der Waals surface area contributed by atoms with E-state index in [2.05, 4.69) is 15.3 Å². The molecule has 4 rings (SSSR count). The van der Waals surface area contributed by atoms with Crippen LogP contribution in [0, 0.1) is 6.92 Å². The number of benzene rings is 2. The van der Waals surface area contributed by atoms with Crippen molar-refractivity contribution in [1.82, 2.24) is 9.97 Å². The van der Waals surface area contributed by atoms with Gasteiger partial charge in [-0.15, -0.1) is 11.3 Å². The van der Waals surface area contributed by atoms with Gasteiger partial charge in [0.15, 0.2) is 15.0 Å². The highest BCUT2D eigenvalue weighted by atomic mass is 32.2. The first-order valence-corrected chi connectivity index (χ1v) is 12.5. The molecule has 0 fully saturated rings. The van der Waals surface area contributed by atoms with Gasteiger partial charge in [-0.25, -0.2) is 18.4 Å². The number of aromatic nitrogens is 2. The third-order valence-electron chi connectivity index (χ3n) is 4.47. The molecule has 0 saturated heterocycles. The molecule has 2 aromatic carbocycles. The van der Waals surface area contributed by atoms with E-state index < -0.39 is 27.5 Å². The minimum Gasteiger partial charge on any atom is -0.297 e. The van der Waals surface area contributed by atoms with Crippen LogP contribution in [0.25, 0.3) is 20.8 Å². The van der Waals surface area contributed by atoms with E-state index in [0.29, 0.717) is 36.5 Å². The number of hydrogen-bond acceptors (Lipinski definition) is 7. The lowest BCUT2D eigenvalue weighted by atomic mass is 10.1. The number of carbonyl (C=O) groups excluding carboxylic acids is 1. The van der Waals surface area contributed by atoms with Crippen LogP contribution in [0.15, 0.2) is 47.4 Å². The molecule has 0 aliphatic heterocycles. The summed E-state index contributed by atoms with van der Waals surface area (Å²) in [4.78, 5) is 21.8. The highest BCUT2D eigenvalue weighted by molar-refractivity contribution is 7.90. The Hall–Kier alpha value is -2.83. The Balaban J connectivity index is 1.57. The minimum atomic E-state index is -4.43. The van der Waals surface area contributed by atoms with E-state index >= 15 is 0 Å². The standard InChI is InChI=1S/C20H14F3N3O3S3/c1-10-16(31-18(24-10)11-3-5-12(6-4-11)20(21,22)23)17(27)26-19-25-14-8-7-13(32(2,28)29)9-15(14)30-19/h3-9H,1-2H3,(H,25,26,27). The van der Waals surface area contributed by atoms with Crippen LogP contribution in [-0.2, 0) is 16.0 Å². The Morgan fingerprint density at radius 3 is 2.34 bits per heavy atom. The second-order valence-electron chi connectivity index (χ2n) is 6.88. The zero-order chi connectivity index (χ0) is 23.3. The van der Waals surface area contributed by atoms with Crippen LogP contribution < -0.4 is 5.32 Å². The molecular formula is C20H14F3N3O3S3. The number of aryl methyl sites for hydroxylation is 1. The number of rotatable bonds is 4. The molecule has 0 atom stereocenters. The van der Waals surface area contributed by atoms with Crippen molar-refractivity contribution in [3.05, 3.63) is 58.6 Å². The predicted molar refractivity (Wildman–Crippen MR) is 118 cm³/mol. The van der Waals surface area contributed by atoms with Gasteiger partial charge in [-0.05, 0) is 37.3 Å². The SMILES string of the molecule is Cc1nc(-c2ccc(C(F)(F)F)cc2)sc1C(=O)Nc1nc2ccc(S(C)(=O)=O)cc2s1. The van der Waals surface area contributed by atoms with Crippen LogP contribution in [0.2, 0.25) is 0 Å². The number of carbonyl (C=O) groups is 1. The summed E-state index contributed by atoms with van der Waals surface area (Å²) in [5.41, 5.74) is 0.688. The summed E-state index contributed by atoms with van der Waals surface area (Å²) in [5.74, 6) is -0.458. The van der Waals surface area contributed by atoms with Gasteiger partial charge < -0.3 is 0 Å². The van der Waals surface area contributed by atoms with E-state index in [1.54, 1.807) is 13.0 Å². The first-order chi connectivity index (χ1) is 14.9. The maximum absolute atomic E-state index is 12.8. The quantitative estimate of drug-likeness (QED) is 0.408. The van der Waals surface area contributed by atoms with Gasteiger partial charge in [0.1, 0.15) is 9.88 Å². The van der Waals surface area contributed by atoms with Gasteiger partial charge in [-0.1, -0.05) is 23.5 Å². The van der Waals surface area contributed by atoms with Crippen molar-refractivity contribution in [2.75, 3.05) is 11.6 Å². The monoisotopic (exact) mass is 497 g/mol. The highest BCUT2D eigenvalue weighted by Crippen LogP contribution is 2.34. The molecule has 2 heterocycles. The van der Waals surface area contributed by atoms with Gasteiger partial charge in [0, 0.05) is 11.8 Å². The Morgan fingerprint density at radius 2 is 1.72 bits per heavy atom. The number of halogens is 3. The lowest BCUT2D eigenvalue weighted by molar-refractivity contribution is -0.137. The summed E-state index contributed by atoms with van der Waals surface area (Å²) in [6.45, 7) is 1.63. The number of amides is 1. The van der Waals surface area contributed by atoms with Crippen LogP contribution >= 0.6 is 22.7 Å². The zero-order valence-electron chi connectivity index (χ0n) is 16.5. The molecule has 2 aromatic heterocycles. The summed E-state index contributed by atoms with van der Waals surface area (Å²) < 4.78 is 62.3. The number of sulfone groups is 1. The Bertz CT molecular complexity index is 1440. The summed E-state index contributed by atoms with van der Waals surface area (Å²) in [7, 11) is -3.37. The third-order valence-corrected chi connectivity index (χ3v) is 7.72. The molecule has 1 N–H and O–H groups in total. The van der Waals surface area contributed by atoms with E-state index in [4.69, 9.17) is 0 Å². The Morgan fingerprint density at radius 1 is 1.03 bits per heavy atom. The van der Waals surface area contributed by atoms with E-state index in [0.717, 1.165) is 41.1 Å². The van der Waals surface area contributed by atoms with Gasteiger partial charge in [0.05, 0.1) is 26.4 Å². The second kappa shape index (κ2) is 7.94. The molecule has 0 saturated carbocycles. The molecule has 0 aliphatic rings. The number of nitrogens with one attached hydrogen (secondary N) is 1. The molecule has 0 bridgehead atoms. The van der Waals surface area contributed by atoms with Crippen LogP contribution in [0.4, 0.5) is 18.3 Å². The average molecular weight is 498 g/mol. The first-order valence-electron chi connectivity index (χ1n) is 8.99. The molecular weight excluding hydrogens is 483 g/mol. The fourth-order valence-electron chi connectivity index (χ4n) is 2.88. The molecule has 0 spiro atoms. The number of fused-ring (bicyclic) bond motifs is 1. The molecule has 6 nitrogen and oxygen atoms in total. The number of anilines is 1. The molecule has 32 heavy (non-hydrogen) atoms. The lowest BCUT2D eigenvalue weighted by Crippen LogP contribution is -2.11. The summed E-state index contributed by atoms with van der Waals surface area (Å²) in [6, 6.07) is 9.09. The topological polar surface area (TPSA) is 89.0 Å². The van der Waals surface area contributed by atoms with Crippen LogP contribution in [0.5, 0.6) is 0 Å². The van der Waals surface area contributed by atoms with Gasteiger partial charge in [-0.3, -0.25) is 10.1 Å². The summed E-state index contributed by atoms with van der Waals surface area (Å²) >= 11 is 2.19. The first kappa shape index (κ1) is 22.4. The van der Waals surface area contributed by atoms with Crippen molar-refractivity contribution in [3.8, 4) is 10.6 Å². The minimum absolute atomic E-state index is 0.158. The Kier molecular flexibility index (Phi) is 5.55. The van der Waals surface area contributed by atoms with Crippen molar-refractivity contribution in [3.63, 3.8) is 0 Å². The summed E-state index contributed by atoms with van der Waals surface area (Å²) in [6.07, 6.45) is -3.32. The van der Waals surface area contributed by atoms with Gasteiger partial charge >= 0.3 is 6.18 Å². The fourth-order valence-corrected chi connectivity index (χ4v) is 5.46. The summed E-state index contributed by atoms with van der Waals surface area (Å²) in [5, 5.41) is 3.39. The van der Waals surface area contributed by atoms with Gasteiger partial charge in [0.25, 0.3) is 5.91 Å². The van der Waals surface area contributed by atoms with Crippen molar-refractivity contribution >= 4 is 53.8 Å². The molecule has 12 heteroatoms. The van der Waals surface area contributed by atoms with Crippen molar-refractivity contribution in [2.45, 2.75) is 18.0 Å². The smallest absolute Gasteiger partial charge is 0.297 e. The normalized spacial score (nSPS) is 12.3. The maximum atomic E-state index is 12.8. The second-order valence-corrected chi connectivity index (χ2v) is 10.9. The van der Waals surface area contributed by atoms with E-state index in [-0.39, 0.29) is 4.90 Å². The highest BCUT2D eigenvalue weighted by Gasteiger charge is 2.30. The van der Waals surface area contributed by atoms with Crippen molar-refractivity contribution in [2.24, 2.45) is 0 Å². The third kappa shape index (κ3) is 4.52. The molecule has 0 radical (unpaired) electrons. The average Bonchev–Trinajstić information content (AvgIpc) is 3.28. The number of hydrogen-bond donors (Lipinski definition) is 1. The lowest BCUT2D eigenvalue weighted by Gasteiger charge is -2.06. The molecule has 166 valence electrons. The van der Waals surface area contributed by atoms with Crippen LogP contribution in [0.1, 0.15) is 20.9 Å². The maximum Gasteiger partial charge on any atom is 0.416 e. The molecule has 0 aliphatic carbocycles. The van der Waals surface area contributed by atoms with Crippen molar-refractivity contribution < 1.29 is 26.4 Å². The predicted octanol–water partition coefficient (Wildman–Crippen LogP) is 5.40. The van der Waals surface area contributed by atoms with Gasteiger partial charge in [-0.2, -0.15) is 13.2 Å². The van der Waals surface area contributed by atoms with Crippen LogP contribution in [-0.4, -0.2) is 30.5 Å². The van der Waals surface area contributed by atoms with Crippen LogP contribution in [0.3, 0.4) is 0 Å². The zero-order valence-corrected chi connectivity index (χ0v) is 19.0. The van der Waals surface area contributed by atoms with E-state index in [1.807, 2.05) is 0 Å². The number of alkyl halides is 3. The van der Waals surface area contributed by atoms with E-state index in [9.17, 15) is 26.4 Å². The molecule has 4 aromatic rings. The Labute approximate surface area is 188 Å². The fraction of sp³-hybridized carbons (Fsp3) is 0.150. The van der Waals surface area contributed by atoms with E-state index in [1.165, 1.54) is 24.3 Å².